The van der Waals surface area contributed by atoms with Crippen LogP contribution in [0.25, 0.3) is 0 Å². The maximum atomic E-state index is 11.7. The minimum Gasteiger partial charge on any atom is -0.461 e. The number of esters is 1. The molecule has 0 amide bonds. The van der Waals surface area contributed by atoms with Gasteiger partial charge in [0.05, 0.1) is 0 Å². The van der Waals surface area contributed by atoms with Gasteiger partial charge >= 0.3 is 5.97 Å². The second kappa shape index (κ2) is 6.88. The Kier molecular flexibility index (Phi) is 5.16. The van der Waals surface area contributed by atoms with E-state index in [1.165, 1.54) is 5.56 Å². The number of ether oxygens (including phenoxy) is 1. The third-order valence-corrected chi connectivity index (χ3v) is 4.62. The molecule has 0 bridgehead atoms. The van der Waals surface area contributed by atoms with Crippen LogP contribution in [0.15, 0.2) is 24.3 Å². The first-order valence-electron chi connectivity index (χ1n) is 7.82. The lowest BCUT2D eigenvalue weighted by atomic mass is 9.68. The lowest BCUT2D eigenvalue weighted by Gasteiger charge is -2.41. The summed E-state index contributed by atoms with van der Waals surface area (Å²) in [5, 5.41) is 0. The molecule has 21 heavy (non-hydrogen) atoms. The molecule has 0 N–H and O–H groups in total. The van der Waals surface area contributed by atoms with Crippen LogP contribution < -0.4 is 0 Å². The molecule has 114 valence electrons. The van der Waals surface area contributed by atoms with E-state index in [-0.39, 0.29) is 17.5 Å². The molecule has 0 aromatic heterocycles. The Labute approximate surface area is 126 Å². The third-order valence-electron chi connectivity index (χ3n) is 4.62. The van der Waals surface area contributed by atoms with Crippen molar-refractivity contribution in [3.63, 3.8) is 0 Å². The Balaban J connectivity index is 2.22. The Morgan fingerprint density at radius 3 is 2.67 bits per heavy atom. The molecular formula is C18H24O3. The van der Waals surface area contributed by atoms with E-state index in [2.05, 4.69) is 19.1 Å². The van der Waals surface area contributed by atoms with Crippen LogP contribution in [-0.2, 0) is 26.2 Å². The largest absolute Gasteiger partial charge is 0.461 e. The van der Waals surface area contributed by atoms with Crippen molar-refractivity contribution in [2.24, 2.45) is 0 Å². The molecule has 0 radical (unpaired) electrons. The van der Waals surface area contributed by atoms with Crippen LogP contribution in [0.4, 0.5) is 0 Å². The van der Waals surface area contributed by atoms with Gasteiger partial charge in [0, 0.05) is 18.3 Å². The zero-order chi connectivity index (χ0) is 15.3. The molecule has 1 aliphatic carbocycles. The number of carbonyl (C=O) groups excluding carboxylic acids is 2. The van der Waals surface area contributed by atoms with E-state index < -0.39 is 0 Å². The monoisotopic (exact) mass is 288 g/mol. The maximum absolute atomic E-state index is 11.7. The van der Waals surface area contributed by atoms with Gasteiger partial charge in [0.1, 0.15) is 12.4 Å². The molecule has 0 spiro atoms. The average molecular weight is 288 g/mol. The van der Waals surface area contributed by atoms with Gasteiger partial charge in [-0.2, -0.15) is 0 Å². The molecule has 0 saturated heterocycles. The summed E-state index contributed by atoms with van der Waals surface area (Å²) in [5.41, 5.74) is 2.10. The van der Waals surface area contributed by atoms with Gasteiger partial charge in [0.25, 0.3) is 0 Å². The lowest BCUT2D eigenvalue weighted by Crippen LogP contribution is -2.42. The minimum absolute atomic E-state index is 0.0457. The summed E-state index contributed by atoms with van der Waals surface area (Å²) in [7, 11) is 0. The predicted octanol–water partition coefficient (Wildman–Crippen LogP) is 3.58. The summed E-state index contributed by atoms with van der Waals surface area (Å²) >= 11 is 0. The first-order valence-corrected chi connectivity index (χ1v) is 7.82. The fourth-order valence-corrected chi connectivity index (χ4v) is 3.18. The Hall–Kier alpha value is -1.64. The first-order chi connectivity index (χ1) is 10.1. The molecule has 1 saturated carbocycles. The van der Waals surface area contributed by atoms with Gasteiger partial charge in [-0.3, -0.25) is 4.79 Å². The van der Waals surface area contributed by atoms with E-state index in [0.29, 0.717) is 12.8 Å². The van der Waals surface area contributed by atoms with Gasteiger partial charge in [0.15, 0.2) is 0 Å². The van der Waals surface area contributed by atoms with Crippen LogP contribution in [-0.4, -0.2) is 18.4 Å². The molecule has 2 rings (SSSR count). The molecule has 3 heteroatoms. The molecule has 0 aliphatic heterocycles. The topological polar surface area (TPSA) is 43.4 Å². The SMILES string of the molecule is CCC(=O)OC1CCCCC1(C)c1ccc(CC=O)cc1. The molecule has 1 aliphatic rings. The number of benzene rings is 1. The maximum Gasteiger partial charge on any atom is 0.305 e. The summed E-state index contributed by atoms with van der Waals surface area (Å²) in [5.74, 6) is -0.120. The van der Waals surface area contributed by atoms with Crippen LogP contribution in [0.1, 0.15) is 57.1 Å². The number of carbonyl (C=O) groups is 2. The molecule has 1 aromatic carbocycles. The second-order valence-corrected chi connectivity index (χ2v) is 6.06. The second-order valence-electron chi connectivity index (χ2n) is 6.06. The predicted molar refractivity (Wildman–Crippen MR) is 82.2 cm³/mol. The summed E-state index contributed by atoms with van der Waals surface area (Å²) in [6.07, 6.45) is 5.97. The van der Waals surface area contributed by atoms with Gasteiger partial charge in [0.2, 0.25) is 0 Å². The molecule has 3 nitrogen and oxygen atoms in total. The van der Waals surface area contributed by atoms with Gasteiger partial charge in [-0.15, -0.1) is 0 Å². The number of hydrogen-bond acceptors (Lipinski definition) is 3. The average Bonchev–Trinajstić information content (AvgIpc) is 2.50. The van der Waals surface area contributed by atoms with Crippen molar-refractivity contribution in [3.8, 4) is 0 Å². The highest BCUT2D eigenvalue weighted by atomic mass is 16.5. The van der Waals surface area contributed by atoms with Crippen LogP contribution in [0.3, 0.4) is 0 Å². The van der Waals surface area contributed by atoms with Crippen molar-refractivity contribution in [1.82, 2.24) is 0 Å². The van der Waals surface area contributed by atoms with Gasteiger partial charge in [-0.25, -0.2) is 0 Å². The summed E-state index contributed by atoms with van der Waals surface area (Å²) in [6.45, 7) is 4.02. The van der Waals surface area contributed by atoms with Crippen molar-refractivity contribution in [2.45, 2.75) is 63.9 Å². The highest BCUT2D eigenvalue weighted by Crippen LogP contribution is 2.41. The van der Waals surface area contributed by atoms with E-state index in [1.807, 2.05) is 19.1 Å². The highest BCUT2D eigenvalue weighted by molar-refractivity contribution is 5.69. The quantitative estimate of drug-likeness (QED) is 0.614. The van der Waals surface area contributed by atoms with Crippen molar-refractivity contribution < 1.29 is 14.3 Å². The molecule has 0 heterocycles. The van der Waals surface area contributed by atoms with E-state index in [1.54, 1.807) is 0 Å². The Morgan fingerprint density at radius 1 is 1.33 bits per heavy atom. The third kappa shape index (κ3) is 3.52. The van der Waals surface area contributed by atoms with Crippen LogP contribution >= 0.6 is 0 Å². The zero-order valence-corrected chi connectivity index (χ0v) is 12.9. The number of hydrogen-bond donors (Lipinski definition) is 0. The fourth-order valence-electron chi connectivity index (χ4n) is 3.18. The Morgan fingerprint density at radius 2 is 2.05 bits per heavy atom. The highest BCUT2D eigenvalue weighted by Gasteiger charge is 2.40. The summed E-state index contributed by atoms with van der Waals surface area (Å²) in [4.78, 5) is 22.3. The van der Waals surface area contributed by atoms with E-state index in [9.17, 15) is 9.59 Å². The van der Waals surface area contributed by atoms with E-state index in [0.717, 1.165) is 37.5 Å². The minimum atomic E-state index is -0.122. The van der Waals surface area contributed by atoms with Crippen LogP contribution in [0, 0.1) is 0 Å². The zero-order valence-electron chi connectivity index (χ0n) is 12.9. The van der Waals surface area contributed by atoms with Crippen molar-refractivity contribution in [1.29, 1.82) is 0 Å². The van der Waals surface area contributed by atoms with Crippen molar-refractivity contribution in [3.05, 3.63) is 35.4 Å². The normalized spacial score (nSPS) is 25.3. The lowest BCUT2D eigenvalue weighted by molar-refractivity contribution is -0.154. The fraction of sp³-hybridized carbons (Fsp3) is 0.556. The molecule has 2 unspecified atom stereocenters. The van der Waals surface area contributed by atoms with E-state index >= 15 is 0 Å². The summed E-state index contributed by atoms with van der Waals surface area (Å²) in [6, 6.07) is 8.17. The Bertz CT molecular complexity index is 492. The number of rotatable bonds is 5. The molecule has 1 fully saturated rings. The van der Waals surface area contributed by atoms with Crippen LogP contribution in [0.2, 0.25) is 0 Å². The first kappa shape index (κ1) is 15.7. The van der Waals surface area contributed by atoms with Crippen molar-refractivity contribution in [2.75, 3.05) is 0 Å². The molecule has 1 aromatic rings. The smallest absolute Gasteiger partial charge is 0.305 e. The van der Waals surface area contributed by atoms with Gasteiger partial charge in [-0.1, -0.05) is 44.5 Å². The van der Waals surface area contributed by atoms with E-state index in [4.69, 9.17) is 4.74 Å². The van der Waals surface area contributed by atoms with Crippen molar-refractivity contribution >= 4 is 12.3 Å². The standard InChI is InChI=1S/C18H24O3/c1-3-17(20)21-16-6-4-5-12-18(16,2)15-9-7-14(8-10-15)11-13-19/h7-10,13,16H,3-6,11-12H2,1-2H3. The summed E-state index contributed by atoms with van der Waals surface area (Å²) < 4.78 is 5.69. The van der Waals surface area contributed by atoms with Gasteiger partial charge in [-0.05, 0) is 30.4 Å². The molecular weight excluding hydrogens is 264 g/mol. The number of aldehydes is 1. The van der Waals surface area contributed by atoms with Gasteiger partial charge < -0.3 is 9.53 Å². The molecule has 2 atom stereocenters. The van der Waals surface area contributed by atoms with Crippen LogP contribution in [0.5, 0.6) is 0 Å².